The smallest absolute Gasteiger partial charge is 0.328 e. The summed E-state index contributed by atoms with van der Waals surface area (Å²) < 4.78 is 20.6. The molecule has 3 N–H and O–H groups in total. The molecule has 0 saturated heterocycles. The Morgan fingerprint density at radius 2 is 2.10 bits per heavy atom. The summed E-state index contributed by atoms with van der Waals surface area (Å²) >= 11 is 12.0. The molecule has 3 aromatic rings. The van der Waals surface area contributed by atoms with Gasteiger partial charge in [-0.1, -0.05) is 23.2 Å². The van der Waals surface area contributed by atoms with E-state index in [1.165, 1.54) is 36.1 Å². The maximum atomic E-state index is 13.6. The monoisotopic (exact) mass is 438 g/mol. The van der Waals surface area contributed by atoms with Crippen LogP contribution in [0.15, 0.2) is 36.8 Å². The second kappa shape index (κ2) is 8.67. The zero-order valence-electron chi connectivity index (χ0n) is 15.3. The normalized spacial score (nSPS) is 12.0. The molecule has 0 radical (unpaired) electrons. The summed E-state index contributed by atoms with van der Waals surface area (Å²) in [5, 5.41) is 13.5. The van der Waals surface area contributed by atoms with Crippen LogP contribution < -0.4 is 10.5 Å². The minimum absolute atomic E-state index is 0.0408. The number of hydrogen-bond acceptors (Lipinski definition) is 5. The Hall–Kier alpha value is -2.84. The molecular weight excluding hydrogens is 422 g/mol. The summed E-state index contributed by atoms with van der Waals surface area (Å²) in [6.45, 7) is 1.67. The number of nitrogens with two attached hydrogens (primary N) is 1. The second-order valence-electron chi connectivity index (χ2n) is 6.25. The lowest BCUT2D eigenvalue weighted by Gasteiger charge is -2.11. The van der Waals surface area contributed by atoms with Gasteiger partial charge in [0.25, 0.3) is 0 Å². The van der Waals surface area contributed by atoms with Crippen LogP contribution in [-0.4, -0.2) is 32.4 Å². The van der Waals surface area contributed by atoms with E-state index in [4.69, 9.17) is 38.8 Å². The number of carbonyl (C=O) groups is 1. The summed E-state index contributed by atoms with van der Waals surface area (Å²) in [5.41, 5.74) is 7.63. The number of hydrogen-bond donors (Lipinski definition) is 2. The van der Waals surface area contributed by atoms with E-state index in [2.05, 4.69) is 10.1 Å². The van der Waals surface area contributed by atoms with Crippen molar-refractivity contribution in [2.75, 3.05) is 12.3 Å². The average molecular weight is 439 g/mol. The minimum atomic E-state index is -0.992. The first kappa shape index (κ1) is 20.9. The number of carboxylic acids is 1. The first-order valence-electron chi connectivity index (χ1n) is 8.56. The van der Waals surface area contributed by atoms with E-state index in [1.807, 2.05) is 0 Å². The zero-order valence-corrected chi connectivity index (χ0v) is 16.8. The van der Waals surface area contributed by atoms with Crippen LogP contribution in [0.5, 0.6) is 5.75 Å². The maximum absolute atomic E-state index is 13.6. The molecule has 2 heterocycles. The molecular formula is C19H17Cl2FN4O3. The van der Waals surface area contributed by atoms with Crippen LogP contribution in [0.4, 0.5) is 10.2 Å². The van der Waals surface area contributed by atoms with Crippen molar-refractivity contribution in [3.05, 3.63) is 58.2 Å². The number of nitrogens with zero attached hydrogens (tertiary/aromatic N) is 3. The van der Waals surface area contributed by atoms with E-state index in [0.717, 1.165) is 0 Å². The van der Waals surface area contributed by atoms with Gasteiger partial charge in [0.2, 0.25) is 0 Å². The molecule has 7 nitrogen and oxygen atoms in total. The lowest BCUT2D eigenvalue weighted by atomic mass is 10.1. The molecule has 3 rings (SSSR count). The quantitative estimate of drug-likeness (QED) is 0.534. The van der Waals surface area contributed by atoms with Gasteiger partial charge in [-0.3, -0.25) is 4.68 Å². The van der Waals surface area contributed by atoms with Gasteiger partial charge in [-0.25, -0.2) is 14.2 Å². The number of rotatable bonds is 7. The van der Waals surface area contributed by atoms with E-state index < -0.39 is 17.8 Å². The van der Waals surface area contributed by atoms with Crippen LogP contribution in [0.3, 0.4) is 0 Å². The number of carboxylic acid groups (broad SMARTS) is 1. The Morgan fingerprint density at radius 1 is 1.34 bits per heavy atom. The van der Waals surface area contributed by atoms with Crippen LogP contribution in [0.1, 0.15) is 18.5 Å². The first-order valence-corrected chi connectivity index (χ1v) is 9.31. The number of ether oxygens (including phenoxy) is 1. The van der Waals surface area contributed by atoms with Crippen LogP contribution in [-0.2, 0) is 11.2 Å². The van der Waals surface area contributed by atoms with Gasteiger partial charge in [-0.05, 0) is 30.7 Å². The van der Waals surface area contributed by atoms with Crippen molar-refractivity contribution in [1.29, 1.82) is 0 Å². The zero-order chi connectivity index (χ0) is 21.1. The van der Waals surface area contributed by atoms with Crippen molar-refractivity contribution in [3.8, 4) is 16.9 Å². The molecule has 1 aromatic carbocycles. The lowest BCUT2D eigenvalue weighted by molar-refractivity contribution is -0.140. The maximum Gasteiger partial charge on any atom is 0.328 e. The highest BCUT2D eigenvalue weighted by Crippen LogP contribution is 2.30. The van der Waals surface area contributed by atoms with Gasteiger partial charge in [-0.15, -0.1) is 0 Å². The summed E-state index contributed by atoms with van der Waals surface area (Å²) in [6.07, 6.45) is 4.94. The summed E-state index contributed by atoms with van der Waals surface area (Å²) in [6, 6.07) is 3.50. The molecule has 0 fully saturated rings. The molecule has 0 aliphatic carbocycles. The van der Waals surface area contributed by atoms with Crippen molar-refractivity contribution in [2.45, 2.75) is 19.4 Å². The molecule has 0 aliphatic heterocycles. The largest absolute Gasteiger partial charge is 0.489 e. The lowest BCUT2D eigenvalue weighted by Crippen LogP contribution is -2.15. The standard InChI is InChI=1S/C19H17Cl2FN4O3/c1-10(19(27)28)26-9-12(8-25-26)11-6-16(18(23)24-7-11)29-5-4-13-14(20)2-3-15(22)17(13)21/h2-3,6-10H,4-5H2,1H3,(H2,23,24)(H,27,28). The highest BCUT2D eigenvalue weighted by atomic mass is 35.5. The summed E-state index contributed by atoms with van der Waals surface area (Å²) in [5.74, 6) is -1.04. The summed E-state index contributed by atoms with van der Waals surface area (Å²) in [7, 11) is 0. The molecule has 0 bridgehead atoms. The van der Waals surface area contributed by atoms with Crippen LogP contribution >= 0.6 is 23.2 Å². The second-order valence-corrected chi connectivity index (χ2v) is 7.04. The average Bonchev–Trinajstić information content (AvgIpc) is 3.18. The van der Waals surface area contributed by atoms with Gasteiger partial charge in [0.1, 0.15) is 11.9 Å². The van der Waals surface area contributed by atoms with Gasteiger partial charge in [0, 0.05) is 35.0 Å². The van der Waals surface area contributed by atoms with Crippen LogP contribution in [0.2, 0.25) is 10.0 Å². The van der Waals surface area contributed by atoms with Crippen LogP contribution in [0.25, 0.3) is 11.1 Å². The molecule has 10 heteroatoms. The molecule has 0 spiro atoms. The van der Waals surface area contributed by atoms with E-state index >= 15 is 0 Å². The van der Waals surface area contributed by atoms with Gasteiger partial charge in [0.15, 0.2) is 11.6 Å². The Bertz CT molecular complexity index is 1060. The Balaban J connectivity index is 1.75. The predicted octanol–water partition coefficient (Wildman–Crippen LogP) is 4.24. The fraction of sp³-hybridized carbons (Fsp3) is 0.211. The number of nitrogen functional groups attached to an aromatic ring is 1. The number of benzene rings is 1. The topological polar surface area (TPSA) is 103 Å². The third-order valence-corrected chi connectivity index (χ3v) is 5.08. The molecule has 29 heavy (non-hydrogen) atoms. The Morgan fingerprint density at radius 3 is 2.83 bits per heavy atom. The highest BCUT2D eigenvalue weighted by Gasteiger charge is 2.16. The van der Waals surface area contributed by atoms with Crippen molar-refractivity contribution < 1.29 is 19.0 Å². The third-order valence-electron chi connectivity index (χ3n) is 4.32. The SMILES string of the molecule is CC(C(=O)O)n1cc(-c2cnc(N)c(OCCc3c(Cl)ccc(F)c3Cl)c2)cn1. The molecule has 2 aromatic heterocycles. The highest BCUT2D eigenvalue weighted by molar-refractivity contribution is 6.36. The van der Waals surface area contributed by atoms with Crippen molar-refractivity contribution in [3.63, 3.8) is 0 Å². The van der Waals surface area contributed by atoms with Gasteiger partial charge in [-0.2, -0.15) is 5.10 Å². The van der Waals surface area contributed by atoms with Crippen molar-refractivity contribution >= 4 is 35.0 Å². The predicted molar refractivity (Wildman–Crippen MR) is 108 cm³/mol. The van der Waals surface area contributed by atoms with Gasteiger partial charge < -0.3 is 15.6 Å². The van der Waals surface area contributed by atoms with E-state index in [9.17, 15) is 9.18 Å². The summed E-state index contributed by atoms with van der Waals surface area (Å²) in [4.78, 5) is 15.2. The molecule has 1 unspecified atom stereocenters. The molecule has 0 saturated carbocycles. The molecule has 0 aliphatic rings. The Kier molecular flexibility index (Phi) is 6.24. The van der Waals surface area contributed by atoms with Gasteiger partial charge in [0.05, 0.1) is 17.8 Å². The number of aliphatic carboxylic acids is 1. The number of halogens is 3. The molecule has 0 amide bonds. The number of anilines is 1. The van der Waals surface area contributed by atoms with Crippen LogP contribution in [0, 0.1) is 5.82 Å². The van der Waals surface area contributed by atoms with E-state index in [1.54, 1.807) is 12.3 Å². The number of aromatic nitrogens is 3. The third kappa shape index (κ3) is 4.60. The van der Waals surface area contributed by atoms with E-state index in [0.29, 0.717) is 27.5 Å². The van der Waals surface area contributed by atoms with E-state index in [-0.39, 0.29) is 23.9 Å². The fourth-order valence-electron chi connectivity index (χ4n) is 2.60. The molecule has 152 valence electrons. The van der Waals surface area contributed by atoms with Gasteiger partial charge >= 0.3 is 5.97 Å². The number of pyridine rings is 1. The van der Waals surface area contributed by atoms with Crippen molar-refractivity contribution in [1.82, 2.24) is 14.8 Å². The van der Waals surface area contributed by atoms with Crippen molar-refractivity contribution in [2.24, 2.45) is 0 Å². The Labute approximate surface area is 175 Å². The fourth-order valence-corrected chi connectivity index (χ4v) is 3.16. The first-order chi connectivity index (χ1) is 13.8. The molecule has 1 atom stereocenters. The minimum Gasteiger partial charge on any atom is -0.489 e.